The van der Waals surface area contributed by atoms with Crippen LogP contribution >= 0.6 is 0 Å². The second-order valence-corrected chi connectivity index (χ2v) is 6.53. The van der Waals surface area contributed by atoms with E-state index < -0.39 is 5.97 Å². The van der Waals surface area contributed by atoms with Crippen LogP contribution in [-0.4, -0.2) is 12.1 Å². The van der Waals surface area contributed by atoms with Crippen molar-refractivity contribution < 1.29 is 14.3 Å². The minimum absolute atomic E-state index is 0.231. The van der Waals surface area contributed by atoms with E-state index in [1.807, 2.05) is 74.5 Å². The maximum absolute atomic E-state index is 12.5. The van der Waals surface area contributed by atoms with Crippen molar-refractivity contribution in [3.8, 4) is 5.75 Å². The van der Waals surface area contributed by atoms with Gasteiger partial charge in [0, 0.05) is 5.69 Å². The molecule has 0 saturated carbocycles. The van der Waals surface area contributed by atoms with Crippen molar-refractivity contribution in [1.82, 2.24) is 0 Å². The Labute approximate surface area is 159 Å². The minimum Gasteiger partial charge on any atom is -0.480 e. The average Bonchev–Trinajstić information content (AvgIpc) is 2.68. The summed E-state index contributed by atoms with van der Waals surface area (Å²) in [6.07, 6.45) is -0.590. The molecule has 138 valence electrons. The molecule has 0 radical (unpaired) electrons. The molecule has 2 N–H and O–H groups in total. The van der Waals surface area contributed by atoms with E-state index in [1.54, 1.807) is 18.2 Å². The standard InChI is InChI=1S/C23H23NO3/c1-16(2)26-23(25)20-15-19(24)13-14-21(20)27-22(17-9-5-3-6-10-17)18-11-7-4-8-12-18/h3-16,22H,24H2,1-2H3. The van der Waals surface area contributed by atoms with Gasteiger partial charge in [-0.1, -0.05) is 60.7 Å². The Morgan fingerprint density at radius 1 is 0.852 bits per heavy atom. The van der Waals surface area contributed by atoms with Gasteiger partial charge in [-0.3, -0.25) is 0 Å². The SMILES string of the molecule is CC(C)OC(=O)c1cc(N)ccc1OC(c1ccccc1)c1ccccc1. The van der Waals surface area contributed by atoms with Crippen LogP contribution in [0.15, 0.2) is 78.9 Å². The Morgan fingerprint density at radius 3 is 1.93 bits per heavy atom. The molecule has 0 atom stereocenters. The number of benzene rings is 3. The number of nitrogen functional groups attached to an aromatic ring is 1. The summed E-state index contributed by atoms with van der Waals surface area (Å²) in [7, 11) is 0. The molecule has 0 saturated heterocycles. The summed E-state index contributed by atoms with van der Waals surface area (Å²) < 4.78 is 11.7. The molecule has 3 rings (SSSR count). The Hall–Kier alpha value is -3.27. The molecule has 4 heteroatoms. The van der Waals surface area contributed by atoms with Crippen molar-refractivity contribution >= 4 is 11.7 Å². The highest BCUT2D eigenvalue weighted by molar-refractivity contribution is 5.93. The number of hydrogen-bond donors (Lipinski definition) is 1. The van der Waals surface area contributed by atoms with Crippen LogP contribution < -0.4 is 10.5 Å². The average molecular weight is 361 g/mol. The van der Waals surface area contributed by atoms with Crippen LogP contribution in [0.2, 0.25) is 0 Å². The highest BCUT2D eigenvalue weighted by Gasteiger charge is 2.21. The number of hydrogen-bond acceptors (Lipinski definition) is 4. The Morgan fingerprint density at radius 2 is 1.41 bits per heavy atom. The fraction of sp³-hybridized carbons (Fsp3) is 0.174. The third-order valence-electron chi connectivity index (χ3n) is 4.02. The first kappa shape index (κ1) is 18.5. The predicted molar refractivity (Wildman–Crippen MR) is 107 cm³/mol. The summed E-state index contributed by atoms with van der Waals surface area (Å²) in [6.45, 7) is 3.61. The van der Waals surface area contributed by atoms with E-state index in [2.05, 4.69) is 0 Å². The van der Waals surface area contributed by atoms with Crippen LogP contribution in [0.1, 0.15) is 41.4 Å². The molecule has 0 amide bonds. The van der Waals surface area contributed by atoms with Crippen LogP contribution in [0.4, 0.5) is 5.69 Å². The van der Waals surface area contributed by atoms with Crippen molar-refractivity contribution in [2.45, 2.75) is 26.1 Å². The Bertz CT molecular complexity index is 853. The number of anilines is 1. The number of nitrogens with two attached hydrogens (primary N) is 1. The molecular formula is C23H23NO3. The number of rotatable bonds is 6. The van der Waals surface area contributed by atoms with Crippen molar-refractivity contribution in [3.05, 3.63) is 95.6 Å². The molecule has 4 nitrogen and oxygen atoms in total. The van der Waals surface area contributed by atoms with Gasteiger partial charge >= 0.3 is 5.97 Å². The topological polar surface area (TPSA) is 61.5 Å². The first-order valence-corrected chi connectivity index (χ1v) is 8.91. The normalized spacial score (nSPS) is 10.8. The van der Waals surface area contributed by atoms with E-state index in [1.165, 1.54) is 0 Å². The van der Waals surface area contributed by atoms with Gasteiger partial charge in [-0.2, -0.15) is 0 Å². The lowest BCUT2D eigenvalue weighted by Crippen LogP contribution is -2.16. The van der Waals surface area contributed by atoms with Crippen LogP contribution in [-0.2, 0) is 4.74 Å². The molecule has 0 heterocycles. The Kier molecular flexibility index (Phi) is 5.77. The molecule has 27 heavy (non-hydrogen) atoms. The summed E-state index contributed by atoms with van der Waals surface area (Å²) >= 11 is 0. The van der Waals surface area contributed by atoms with E-state index in [0.717, 1.165) is 11.1 Å². The molecule has 0 aliphatic carbocycles. The van der Waals surface area contributed by atoms with Crippen molar-refractivity contribution in [2.75, 3.05) is 5.73 Å². The van der Waals surface area contributed by atoms with Gasteiger partial charge in [0.15, 0.2) is 0 Å². The zero-order chi connectivity index (χ0) is 19.2. The fourth-order valence-corrected chi connectivity index (χ4v) is 2.80. The summed E-state index contributed by atoms with van der Waals surface area (Å²) in [6, 6.07) is 24.8. The van der Waals surface area contributed by atoms with E-state index in [-0.39, 0.29) is 12.2 Å². The molecular weight excluding hydrogens is 338 g/mol. The second kappa shape index (κ2) is 8.41. The Balaban J connectivity index is 2.01. The summed E-state index contributed by atoms with van der Waals surface area (Å²) in [5.41, 5.74) is 8.67. The maximum Gasteiger partial charge on any atom is 0.342 e. The molecule has 3 aromatic carbocycles. The maximum atomic E-state index is 12.5. The molecule has 0 unspecified atom stereocenters. The zero-order valence-corrected chi connectivity index (χ0v) is 15.5. The summed E-state index contributed by atoms with van der Waals surface area (Å²) in [4.78, 5) is 12.5. The lowest BCUT2D eigenvalue weighted by atomic mass is 10.0. The number of carbonyl (C=O) groups is 1. The predicted octanol–water partition coefficient (Wildman–Crippen LogP) is 5.00. The van der Waals surface area contributed by atoms with Gasteiger partial charge in [0.05, 0.1) is 6.10 Å². The van der Waals surface area contributed by atoms with E-state index in [4.69, 9.17) is 15.2 Å². The highest BCUT2D eigenvalue weighted by atomic mass is 16.5. The largest absolute Gasteiger partial charge is 0.480 e. The molecule has 0 bridgehead atoms. The van der Waals surface area contributed by atoms with Crippen LogP contribution in [0, 0.1) is 0 Å². The smallest absolute Gasteiger partial charge is 0.342 e. The number of esters is 1. The lowest BCUT2D eigenvalue weighted by molar-refractivity contribution is 0.0372. The molecule has 0 spiro atoms. The van der Waals surface area contributed by atoms with Crippen LogP contribution in [0.3, 0.4) is 0 Å². The molecule has 0 aliphatic rings. The highest BCUT2D eigenvalue weighted by Crippen LogP contribution is 2.32. The monoisotopic (exact) mass is 361 g/mol. The van der Waals surface area contributed by atoms with Crippen LogP contribution in [0.25, 0.3) is 0 Å². The van der Waals surface area contributed by atoms with Gasteiger partial charge in [0.1, 0.15) is 17.4 Å². The number of carbonyl (C=O) groups excluding carboxylic acids is 1. The van der Waals surface area contributed by atoms with E-state index in [0.29, 0.717) is 17.0 Å². The van der Waals surface area contributed by atoms with Crippen molar-refractivity contribution in [1.29, 1.82) is 0 Å². The van der Waals surface area contributed by atoms with Gasteiger partial charge in [-0.15, -0.1) is 0 Å². The summed E-state index contributed by atoms with van der Waals surface area (Å²) in [5.74, 6) is -0.0141. The van der Waals surface area contributed by atoms with Gasteiger partial charge < -0.3 is 15.2 Å². The van der Waals surface area contributed by atoms with Crippen LogP contribution in [0.5, 0.6) is 5.75 Å². The summed E-state index contributed by atoms with van der Waals surface area (Å²) in [5, 5.41) is 0. The van der Waals surface area contributed by atoms with E-state index in [9.17, 15) is 4.79 Å². The minimum atomic E-state index is -0.452. The lowest BCUT2D eigenvalue weighted by Gasteiger charge is -2.22. The van der Waals surface area contributed by atoms with Crippen molar-refractivity contribution in [2.24, 2.45) is 0 Å². The molecule has 0 aromatic heterocycles. The fourth-order valence-electron chi connectivity index (χ4n) is 2.80. The molecule has 0 aliphatic heterocycles. The second-order valence-electron chi connectivity index (χ2n) is 6.53. The first-order valence-electron chi connectivity index (χ1n) is 8.91. The quantitative estimate of drug-likeness (QED) is 0.496. The van der Waals surface area contributed by atoms with Gasteiger partial charge in [0.2, 0.25) is 0 Å². The third kappa shape index (κ3) is 4.67. The van der Waals surface area contributed by atoms with Crippen molar-refractivity contribution in [3.63, 3.8) is 0 Å². The van der Waals surface area contributed by atoms with Gasteiger partial charge in [-0.05, 0) is 43.2 Å². The first-order chi connectivity index (χ1) is 13.0. The van der Waals surface area contributed by atoms with E-state index >= 15 is 0 Å². The third-order valence-corrected chi connectivity index (χ3v) is 4.02. The number of ether oxygens (including phenoxy) is 2. The molecule has 3 aromatic rings. The van der Waals surface area contributed by atoms with Gasteiger partial charge in [0.25, 0.3) is 0 Å². The van der Waals surface area contributed by atoms with Gasteiger partial charge in [-0.25, -0.2) is 4.79 Å². The molecule has 0 fully saturated rings. The zero-order valence-electron chi connectivity index (χ0n) is 15.5.